The lowest BCUT2D eigenvalue weighted by molar-refractivity contribution is 1.08. The number of benzene rings is 2. The Balaban J connectivity index is 1.98. The first kappa shape index (κ1) is 11.8. The fourth-order valence-electron chi connectivity index (χ4n) is 2.44. The first-order valence-corrected chi connectivity index (χ1v) is 6.61. The van der Waals surface area contributed by atoms with Gasteiger partial charge in [0.1, 0.15) is 0 Å². The molecule has 3 rings (SSSR count). The van der Waals surface area contributed by atoms with Crippen LogP contribution in [0.4, 0.5) is 0 Å². The van der Waals surface area contributed by atoms with Crippen LogP contribution in [0.5, 0.6) is 0 Å². The van der Waals surface area contributed by atoms with Crippen molar-refractivity contribution in [3.05, 3.63) is 83.7 Å². The molecule has 1 heteroatoms. The van der Waals surface area contributed by atoms with E-state index in [0.717, 1.165) is 6.42 Å². The Bertz CT molecular complexity index is 665. The second-order valence-corrected chi connectivity index (χ2v) is 4.87. The van der Waals surface area contributed by atoms with Gasteiger partial charge in [0.05, 0.1) is 0 Å². The van der Waals surface area contributed by atoms with Gasteiger partial charge in [-0.2, -0.15) is 0 Å². The average Bonchev–Trinajstić information content (AvgIpc) is 2.86. The van der Waals surface area contributed by atoms with Crippen molar-refractivity contribution in [3.8, 4) is 11.1 Å². The maximum Gasteiger partial charge on any atom is 0.0193 e. The summed E-state index contributed by atoms with van der Waals surface area (Å²) in [5.74, 6) is 0. The van der Waals surface area contributed by atoms with Crippen LogP contribution in [0.2, 0.25) is 0 Å². The third kappa shape index (κ3) is 2.60. The second kappa shape index (κ2) is 5.15. The molecule has 3 aromatic rings. The first-order valence-electron chi connectivity index (χ1n) is 6.61. The summed E-state index contributed by atoms with van der Waals surface area (Å²) in [6.07, 6.45) is 0.943. The van der Waals surface area contributed by atoms with Crippen LogP contribution in [0, 0.1) is 6.92 Å². The van der Waals surface area contributed by atoms with Crippen molar-refractivity contribution < 1.29 is 0 Å². The molecule has 0 spiro atoms. The van der Waals surface area contributed by atoms with E-state index in [4.69, 9.17) is 0 Å². The van der Waals surface area contributed by atoms with Gasteiger partial charge in [-0.25, -0.2) is 0 Å². The maximum absolute atomic E-state index is 3.40. The summed E-state index contributed by atoms with van der Waals surface area (Å²) in [5.41, 5.74) is 6.43. The summed E-state index contributed by atoms with van der Waals surface area (Å²) >= 11 is 0. The summed E-state index contributed by atoms with van der Waals surface area (Å²) in [7, 11) is 0. The zero-order valence-corrected chi connectivity index (χ0v) is 11.1. The van der Waals surface area contributed by atoms with Crippen LogP contribution in [-0.4, -0.2) is 4.98 Å². The number of H-pyrrole nitrogens is 1. The van der Waals surface area contributed by atoms with Gasteiger partial charge in [0.25, 0.3) is 0 Å². The van der Waals surface area contributed by atoms with Gasteiger partial charge in [-0.05, 0) is 35.7 Å². The highest BCUT2D eigenvalue weighted by atomic mass is 14.7. The van der Waals surface area contributed by atoms with Crippen molar-refractivity contribution in [2.24, 2.45) is 0 Å². The Hall–Kier alpha value is -2.28. The highest BCUT2D eigenvalue weighted by Gasteiger charge is 2.05. The normalized spacial score (nSPS) is 10.6. The van der Waals surface area contributed by atoms with Gasteiger partial charge >= 0.3 is 0 Å². The number of nitrogens with one attached hydrogen (secondary N) is 1. The van der Waals surface area contributed by atoms with Crippen molar-refractivity contribution in [2.45, 2.75) is 13.3 Å². The smallest absolute Gasteiger partial charge is 0.0193 e. The monoisotopic (exact) mass is 247 g/mol. The third-order valence-electron chi connectivity index (χ3n) is 3.38. The summed E-state index contributed by atoms with van der Waals surface area (Å²) in [5, 5.41) is 0. The Labute approximate surface area is 113 Å². The molecule has 0 bridgehead atoms. The molecule has 0 aliphatic heterocycles. The van der Waals surface area contributed by atoms with Crippen molar-refractivity contribution in [3.63, 3.8) is 0 Å². The molecule has 1 aromatic heterocycles. The Morgan fingerprint density at radius 3 is 2.26 bits per heavy atom. The van der Waals surface area contributed by atoms with Crippen LogP contribution in [0.15, 0.2) is 66.7 Å². The quantitative estimate of drug-likeness (QED) is 0.697. The van der Waals surface area contributed by atoms with Crippen molar-refractivity contribution >= 4 is 0 Å². The zero-order valence-electron chi connectivity index (χ0n) is 11.1. The minimum atomic E-state index is 0.943. The molecule has 0 amide bonds. The van der Waals surface area contributed by atoms with Crippen LogP contribution >= 0.6 is 0 Å². The van der Waals surface area contributed by atoms with Crippen LogP contribution in [0.1, 0.15) is 17.0 Å². The van der Waals surface area contributed by atoms with Crippen molar-refractivity contribution in [2.75, 3.05) is 0 Å². The maximum atomic E-state index is 3.40. The highest BCUT2D eigenvalue weighted by molar-refractivity contribution is 5.67. The predicted octanol–water partition coefficient (Wildman–Crippen LogP) is 4.58. The van der Waals surface area contributed by atoms with E-state index in [9.17, 15) is 0 Å². The molecule has 0 saturated heterocycles. The fraction of sp³-hybridized carbons (Fsp3) is 0.111. The van der Waals surface area contributed by atoms with Crippen molar-refractivity contribution in [1.82, 2.24) is 4.98 Å². The molecule has 0 radical (unpaired) electrons. The molecule has 2 aromatic carbocycles. The van der Waals surface area contributed by atoms with Gasteiger partial charge < -0.3 is 4.98 Å². The number of aromatic amines is 1. The molecule has 0 unspecified atom stereocenters. The number of rotatable bonds is 3. The molecule has 0 aliphatic carbocycles. The van der Waals surface area contributed by atoms with Gasteiger partial charge in [0.15, 0.2) is 0 Å². The number of aromatic nitrogens is 1. The lowest BCUT2D eigenvalue weighted by Gasteiger charge is -2.09. The largest absolute Gasteiger partial charge is 0.362 e. The van der Waals surface area contributed by atoms with E-state index in [2.05, 4.69) is 78.6 Å². The van der Waals surface area contributed by atoms with Gasteiger partial charge in [0.2, 0.25) is 0 Å². The molecule has 19 heavy (non-hydrogen) atoms. The van der Waals surface area contributed by atoms with E-state index in [-0.39, 0.29) is 0 Å². The van der Waals surface area contributed by atoms with E-state index in [1.807, 2.05) is 0 Å². The van der Waals surface area contributed by atoms with E-state index in [1.165, 1.54) is 28.1 Å². The molecule has 1 heterocycles. The molecular weight excluding hydrogens is 230 g/mol. The Morgan fingerprint density at radius 1 is 0.789 bits per heavy atom. The topological polar surface area (TPSA) is 15.8 Å². The molecular formula is C18H17N. The van der Waals surface area contributed by atoms with Gasteiger partial charge in [-0.3, -0.25) is 0 Å². The first-order chi connectivity index (χ1) is 9.33. The van der Waals surface area contributed by atoms with E-state index in [1.54, 1.807) is 0 Å². The minimum Gasteiger partial charge on any atom is -0.362 e. The van der Waals surface area contributed by atoms with Crippen molar-refractivity contribution in [1.29, 1.82) is 0 Å². The van der Waals surface area contributed by atoms with Crippen LogP contribution in [-0.2, 0) is 6.42 Å². The van der Waals surface area contributed by atoms with Gasteiger partial charge in [-0.15, -0.1) is 0 Å². The molecule has 0 saturated carbocycles. The lowest BCUT2D eigenvalue weighted by Crippen LogP contribution is -1.92. The SMILES string of the molecule is Cc1ccc(Cc2ccccc2-c2ccccc2)[nH]1. The Kier molecular flexibility index (Phi) is 3.20. The fourth-order valence-corrected chi connectivity index (χ4v) is 2.44. The molecule has 0 aliphatic rings. The van der Waals surface area contributed by atoms with Gasteiger partial charge in [0, 0.05) is 17.8 Å². The summed E-state index contributed by atoms with van der Waals surface area (Å²) < 4.78 is 0. The predicted molar refractivity (Wildman–Crippen MR) is 80.2 cm³/mol. The average molecular weight is 247 g/mol. The highest BCUT2D eigenvalue weighted by Crippen LogP contribution is 2.25. The molecule has 94 valence electrons. The van der Waals surface area contributed by atoms with E-state index in [0.29, 0.717) is 0 Å². The Morgan fingerprint density at radius 2 is 1.53 bits per heavy atom. The summed E-state index contributed by atoms with van der Waals surface area (Å²) in [6, 6.07) is 23.5. The second-order valence-electron chi connectivity index (χ2n) is 4.87. The van der Waals surface area contributed by atoms with Crippen LogP contribution < -0.4 is 0 Å². The standard InChI is InChI=1S/C18H17N/c1-14-11-12-17(19-14)13-16-9-5-6-10-18(16)15-7-3-2-4-8-15/h2-12,19H,13H2,1H3. The van der Waals surface area contributed by atoms with Crippen LogP contribution in [0.25, 0.3) is 11.1 Å². The van der Waals surface area contributed by atoms with E-state index < -0.39 is 0 Å². The third-order valence-corrected chi connectivity index (χ3v) is 3.38. The molecule has 0 atom stereocenters. The number of hydrogen-bond donors (Lipinski definition) is 1. The summed E-state index contributed by atoms with van der Waals surface area (Å²) in [4.78, 5) is 3.40. The number of aryl methyl sites for hydroxylation is 1. The zero-order chi connectivity index (χ0) is 13.1. The molecule has 0 fully saturated rings. The lowest BCUT2D eigenvalue weighted by atomic mass is 9.97. The van der Waals surface area contributed by atoms with E-state index >= 15 is 0 Å². The molecule has 1 nitrogen and oxygen atoms in total. The summed E-state index contributed by atoms with van der Waals surface area (Å²) in [6.45, 7) is 2.09. The minimum absolute atomic E-state index is 0.943. The molecule has 1 N–H and O–H groups in total. The van der Waals surface area contributed by atoms with Crippen LogP contribution in [0.3, 0.4) is 0 Å². The number of hydrogen-bond acceptors (Lipinski definition) is 0. The van der Waals surface area contributed by atoms with Gasteiger partial charge in [-0.1, -0.05) is 54.6 Å².